The summed E-state index contributed by atoms with van der Waals surface area (Å²) >= 11 is 0. The summed E-state index contributed by atoms with van der Waals surface area (Å²) in [6, 6.07) is 8.02. The van der Waals surface area contributed by atoms with E-state index in [9.17, 15) is 5.11 Å². The van der Waals surface area contributed by atoms with E-state index in [1.54, 1.807) is 6.07 Å². The molecule has 0 saturated heterocycles. The highest BCUT2D eigenvalue weighted by molar-refractivity contribution is 5.38. The minimum absolute atomic E-state index is 0.296. The molecule has 2 N–H and O–H groups in total. The quantitative estimate of drug-likeness (QED) is 0.762. The molecule has 1 unspecified atom stereocenters. The third kappa shape index (κ3) is 2.34. The molecule has 0 bridgehead atoms. The van der Waals surface area contributed by atoms with E-state index in [4.69, 9.17) is 5.26 Å². The van der Waals surface area contributed by atoms with Gasteiger partial charge in [0.25, 0.3) is 0 Å². The van der Waals surface area contributed by atoms with Crippen molar-refractivity contribution in [3.05, 3.63) is 29.3 Å². The van der Waals surface area contributed by atoms with Crippen LogP contribution in [0.25, 0.3) is 0 Å². The van der Waals surface area contributed by atoms with E-state index < -0.39 is 0 Å². The van der Waals surface area contributed by atoms with E-state index in [0.29, 0.717) is 18.2 Å². The maximum Gasteiger partial charge on any atom is 0.115 e. The fourth-order valence-electron chi connectivity index (χ4n) is 2.30. The first-order chi connectivity index (χ1) is 7.81. The van der Waals surface area contributed by atoms with Crippen molar-refractivity contribution in [3.8, 4) is 11.8 Å². The van der Waals surface area contributed by atoms with Crippen LogP contribution in [-0.4, -0.2) is 11.7 Å². The maximum atomic E-state index is 9.50. The Morgan fingerprint density at radius 1 is 1.50 bits per heavy atom. The molecular formula is C13H16N2O. The molecule has 2 rings (SSSR count). The smallest absolute Gasteiger partial charge is 0.115 e. The fraction of sp³-hybridized carbons (Fsp3) is 0.462. The van der Waals surface area contributed by atoms with E-state index in [2.05, 4.69) is 11.4 Å². The van der Waals surface area contributed by atoms with Gasteiger partial charge in [0.15, 0.2) is 0 Å². The van der Waals surface area contributed by atoms with Crippen LogP contribution in [-0.2, 0) is 6.42 Å². The number of benzene rings is 1. The van der Waals surface area contributed by atoms with Gasteiger partial charge in [-0.25, -0.2) is 0 Å². The van der Waals surface area contributed by atoms with Gasteiger partial charge in [-0.3, -0.25) is 0 Å². The zero-order chi connectivity index (χ0) is 11.4. The van der Waals surface area contributed by atoms with Gasteiger partial charge in [0, 0.05) is 19.0 Å². The van der Waals surface area contributed by atoms with Gasteiger partial charge >= 0.3 is 0 Å². The first-order valence-corrected chi connectivity index (χ1v) is 5.73. The molecule has 1 aliphatic rings. The Hall–Kier alpha value is -1.53. The average molecular weight is 216 g/mol. The summed E-state index contributed by atoms with van der Waals surface area (Å²) in [6.07, 6.45) is 3.88. The van der Waals surface area contributed by atoms with Crippen LogP contribution in [0.5, 0.6) is 5.75 Å². The minimum atomic E-state index is 0.296. The van der Waals surface area contributed by atoms with Crippen molar-refractivity contribution in [2.24, 2.45) is 0 Å². The van der Waals surface area contributed by atoms with Gasteiger partial charge in [-0.1, -0.05) is 6.07 Å². The molecule has 1 aromatic rings. The number of phenols is 1. The van der Waals surface area contributed by atoms with Gasteiger partial charge in [-0.15, -0.1) is 0 Å². The highest BCUT2D eigenvalue weighted by Crippen LogP contribution is 2.31. The van der Waals surface area contributed by atoms with Crippen molar-refractivity contribution < 1.29 is 5.11 Å². The zero-order valence-electron chi connectivity index (χ0n) is 9.24. The average Bonchev–Trinajstić information content (AvgIpc) is 2.30. The Morgan fingerprint density at radius 2 is 2.38 bits per heavy atom. The lowest BCUT2D eigenvalue weighted by molar-refractivity contribution is 0.449. The Kier molecular flexibility index (Phi) is 3.43. The molecule has 0 fully saturated rings. The lowest BCUT2D eigenvalue weighted by Gasteiger charge is -2.26. The zero-order valence-corrected chi connectivity index (χ0v) is 9.24. The van der Waals surface area contributed by atoms with Crippen molar-refractivity contribution in [1.29, 1.82) is 5.26 Å². The first-order valence-electron chi connectivity index (χ1n) is 5.73. The third-order valence-corrected chi connectivity index (χ3v) is 3.07. The van der Waals surface area contributed by atoms with E-state index in [0.717, 1.165) is 19.4 Å². The molecule has 1 aliphatic carbocycles. The molecule has 1 atom stereocenters. The van der Waals surface area contributed by atoms with Crippen molar-refractivity contribution in [3.63, 3.8) is 0 Å². The summed E-state index contributed by atoms with van der Waals surface area (Å²) < 4.78 is 0. The third-order valence-electron chi connectivity index (χ3n) is 3.07. The number of aromatic hydroxyl groups is 1. The van der Waals surface area contributed by atoms with Crippen molar-refractivity contribution in [1.82, 2.24) is 5.32 Å². The molecule has 0 aliphatic heterocycles. The van der Waals surface area contributed by atoms with Crippen LogP contribution in [0.4, 0.5) is 0 Å². The number of hydrogen-bond acceptors (Lipinski definition) is 3. The number of nitrogens with zero attached hydrogens (tertiary/aromatic N) is 1. The Balaban J connectivity index is 2.12. The van der Waals surface area contributed by atoms with Gasteiger partial charge in [-0.05, 0) is 42.5 Å². The molecular weight excluding hydrogens is 200 g/mol. The number of nitriles is 1. The highest BCUT2D eigenvalue weighted by atomic mass is 16.3. The van der Waals surface area contributed by atoms with Crippen LogP contribution in [0, 0.1) is 11.3 Å². The molecule has 16 heavy (non-hydrogen) atoms. The molecule has 0 spiro atoms. The maximum absolute atomic E-state index is 9.50. The largest absolute Gasteiger partial charge is 0.508 e. The van der Waals surface area contributed by atoms with Crippen LogP contribution >= 0.6 is 0 Å². The number of hydrogen-bond donors (Lipinski definition) is 2. The van der Waals surface area contributed by atoms with Crippen LogP contribution in [0.1, 0.15) is 36.4 Å². The van der Waals surface area contributed by atoms with Crippen LogP contribution < -0.4 is 5.32 Å². The van der Waals surface area contributed by atoms with E-state index in [-0.39, 0.29) is 0 Å². The summed E-state index contributed by atoms with van der Waals surface area (Å²) in [4.78, 5) is 0. The van der Waals surface area contributed by atoms with Gasteiger partial charge in [0.1, 0.15) is 5.75 Å². The second-order valence-electron chi connectivity index (χ2n) is 4.19. The second-order valence-corrected chi connectivity index (χ2v) is 4.19. The van der Waals surface area contributed by atoms with Gasteiger partial charge in [0.2, 0.25) is 0 Å². The molecule has 84 valence electrons. The Bertz CT molecular complexity index is 409. The lowest BCUT2D eigenvalue weighted by atomic mass is 9.87. The van der Waals surface area contributed by atoms with Crippen molar-refractivity contribution in [2.75, 3.05) is 6.54 Å². The standard InChI is InChI=1S/C13H16N2O/c14-7-2-8-15-13-4-1-3-10-5-6-11(16)9-12(10)13/h5-6,9,13,15-16H,1-4,8H2. The number of rotatable bonds is 3. The second kappa shape index (κ2) is 5.00. The molecule has 1 aromatic carbocycles. The van der Waals surface area contributed by atoms with Crippen molar-refractivity contribution in [2.45, 2.75) is 31.7 Å². The summed E-state index contributed by atoms with van der Waals surface area (Å²) in [7, 11) is 0. The van der Waals surface area contributed by atoms with E-state index in [1.807, 2.05) is 12.1 Å². The molecule has 3 nitrogen and oxygen atoms in total. The summed E-state index contributed by atoms with van der Waals surface area (Å²) in [6.45, 7) is 0.719. The predicted octanol–water partition coefficient (Wildman–Crippen LogP) is 2.27. The highest BCUT2D eigenvalue weighted by Gasteiger charge is 2.19. The van der Waals surface area contributed by atoms with Crippen LogP contribution in [0.15, 0.2) is 18.2 Å². The predicted molar refractivity (Wildman–Crippen MR) is 62.0 cm³/mol. The van der Waals surface area contributed by atoms with Crippen LogP contribution in [0.3, 0.4) is 0 Å². The van der Waals surface area contributed by atoms with Gasteiger partial charge in [0.05, 0.1) is 6.07 Å². The molecule has 0 saturated carbocycles. The topological polar surface area (TPSA) is 56.0 Å². The molecule has 0 aromatic heterocycles. The van der Waals surface area contributed by atoms with Crippen LogP contribution in [0.2, 0.25) is 0 Å². The normalized spacial score (nSPS) is 18.8. The van der Waals surface area contributed by atoms with Crippen molar-refractivity contribution >= 4 is 0 Å². The Morgan fingerprint density at radius 3 is 3.19 bits per heavy atom. The van der Waals surface area contributed by atoms with Gasteiger partial charge in [-0.2, -0.15) is 5.26 Å². The van der Waals surface area contributed by atoms with E-state index in [1.165, 1.54) is 17.5 Å². The Labute approximate surface area is 95.7 Å². The summed E-state index contributed by atoms with van der Waals surface area (Å²) in [5.74, 6) is 0.327. The summed E-state index contributed by atoms with van der Waals surface area (Å²) in [5.41, 5.74) is 2.52. The molecule has 0 amide bonds. The molecule has 3 heteroatoms. The first kappa shape index (κ1) is 11.0. The number of aryl methyl sites for hydroxylation is 1. The number of nitrogens with one attached hydrogen (secondary N) is 1. The monoisotopic (exact) mass is 216 g/mol. The number of fused-ring (bicyclic) bond motifs is 1. The van der Waals surface area contributed by atoms with E-state index >= 15 is 0 Å². The lowest BCUT2D eigenvalue weighted by Crippen LogP contribution is -2.25. The fourth-order valence-corrected chi connectivity index (χ4v) is 2.30. The number of phenolic OH excluding ortho intramolecular Hbond substituents is 1. The SMILES string of the molecule is N#CCCNC1CCCc2ccc(O)cc21. The van der Waals surface area contributed by atoms with Gasteiger partial charge < -0.3 is 10.4 Å². The minimum Gasteiger partial charge on any atom is -0.508 e. The summed E-state index contributed by atoms with van der Waals surface area (Å²) in [5, 5.41) is 21.4. The molecule has 0 heterocycles. The molecule has 0 radical (unpaired) electrons.